The number of benzene rings is 2. The number of carbonyl (C=O) groups excluding carboxylic acids is 2. The molecular formula is C17H16ClFN2O2S. The van der Waals surface area contributed by atoms with Crippen LogP contribution in [0.15, 0.2) is 42.5 Å². The molecule has 0 fully saturated rings. The largest absolute Gasteiger partial charge is 0.325 e. The van der Waals surface area contributed by atoms with Gasteiger partial charge in [-0.1, -0.05) is 17.7 Å². The van der Waals surface area contributed by atoms with E-state index in [4.69, 9.17) is 11.6 Å². The topological polar surface area (TPSA) is 58.2 Å². The smallest absolute Gasteiger partial charge is 0.234 e. The Hall–Kier alpha value is -2.05. The molecule has 0 unspecified atom stereocenters. The molecular weight excluding hydrogens is 351 g/mol. The van der Waals surface area contributed by atoms with E-state index in [2.05, 4.69) is 10.6 Å². The lowest BCUT2D eigenvalue weighted by Gasteiger charge is -2.07. The van der Waals surface area contributed by atoms with Crippen molar-refractivity contribution in [2.45, 2.75) is 6.92 Å². The molecule has 0 heterocycles. The molecule has 0 atom stereocenters. The van der Waals surface area contributed by atoms with Crippen molar-refractivity contribution in [3.63, 3.8) is 0 Å². The number of hydrogen-bond donors (Lipinski definition) is 2. The van der Waals surface area contributed by atoms with Crippen LogP contribution in [0.2, 0.25) is 5.02 Å². The lowest BCUT2D eigenvalue weighted by Crippen LogP contribution is -2.18. The second-order valence-corrected chi connectivity index (χ2v) is 6.45. The molecule has 0 aliphatic heterocycles. The summed E-state index contributed by atoms with van der Waals surface area (Å²) in [6.07, 6.45) is 0. The van der Waals surface area contributed by atoms with E-state index in [-0.39, 0.29) is 29.1 Å². The van der Waals surface area contributed by atoms with Gasteiger partial charge < -0.3 is 10.6 Å². The average molecular weight is 367 g/mol. The number of amides is 2. The standard InChI is InChI=1S/C17H16ClFN2O2S/c1-11-2-5-14(8-15(11)18)21-17(23)10-24-9-16(22)20-13-6-3-12(19)4-7-13/h2-8H,9-10H2,1H3,(H,20,22)(H,21,23). The summed E-state index contributed by atoms with van der Waals surface area (Å²) in [5.41, 5.74) is 2.06. The van der Waals surface area contributed by atoms with Gasteiger partial charge in [-0.05, 0) is 48.9 Å². The van der Waals surface area contributed by atoms with E-state index >= 15 is 0 Å². The highest BCUT2D eigenvalue weighted by atomic mass is 35.5. The van der Waals surface area contributed by atoms with Crippen molar-refractivity contribution in [3.05, 3.63) is 58.9 Å². The van der Waals surface area contributed by atoms with Crippen LogP contribution >= 0.6 is 23.4 Å². The summed E-state index contributed by atoms with van der Waals surface area (Å²) >= 11 is 7.18. The molecule has 2 aromatic rings. The Morgan fingerprint density at radius 1 is 1.00 bits per heavy atom. The predicted molar refractivity (Wildman–Crippen MR) is 97.2 cm³/mol. The number of anilines is 2. The van der Waals surface area contributed by atoms with Gasteiger partial charge in [0.25, 0.3) is 0 Å². The Morgan fingerprint density at radius 2 is 1.54 bits per heavy atom. The highest BCUT2D eigenvalue weighted by Crippen LogP contribution is 2.20. The molecule has 2 aromatic carbocycles. The number of aryl methyl sites for hydroxylation is 1. The van der Waals surface area contributed by atoms with E-state index in [0.717, 1.165) is 5.56 Å². The maximum Gasteiger partial charge on any atom is 0.234 e. The number of halogens is 2. The first-order valence-electron chi connectivity index (χ1n) is 7.13. The van der Waals surface area contributed by atoms with E-state index < -0.39 is 0 Å². The number of hydrogen-bond acceptors (Lipinski definition) is 3. The molecule has 0 aromatic heterocycles. The molecule has 0 aliphatic rings. The Kier molecular flexibility index (Phi) is 6.63. The lowest BCUT2D eigenvalue weighted by molar-refractivity contribution is -0.114. The molecule has 2 amide bonds. The van der Waals surface area contributed by atoms with Crippen LogP contribution in [0.4, 0.5) is 15.8 Å². The van der Waals surface area contributed by atoms with E-state index in [9.17, 15) is 14.0 Å². The summed E-state index contributed by atoms with van der Waals surface area (Å²) in [7, 11) is 0. The third-order valence-corrected chi connectivity index (χ3v) is 4.39. The zero-order valence-corrected chi connectivity index (χ0v) is 14.5. The lowest BCUT2D eigenvalue weighted by atomic mass is 10.2. The molecule has 2 N–H and O–H groups in total. The Balaban J connectivity index is 1.72. The molecule has 0 aliphatic carbocycles. The highest BCUT2D eigenvalue weighted by molar-refractivity contribution is 8.00. The van der Waals surface area contributed by atoms with Crippen molar-refractivity contribution < 1.29 is 14.0 Å². The first-order valence-corrected chi connectivity index (χ1v) is 8.66. The SMILES string of the molecule is Cc1ccc(NC(=O)CSCC(=O)Nc2ccc(F)cc2)cc1Cl. The summed E-state index contributed by atoms with van der Waals surface area (Å²) in [6, 6.07) is 10.8. The van der Waals surface area contributed by atoms with Gasteiger partial charge in [0.05, 0.1) is 11.5 Å². The summed E-state index contributed by atoms with van der Waals surface area (Å²) in [6.45, 7) is 1.88. The molecule has 4 nitrogen and oxygen atoms in total. The second-order valence-electron chi connectivity index (χ2n) is 5.06. The van der Waals surface area contributed by atoms with Crippen molar-refractivity contribution in [1.82, 2.24) is 0 Å². The summed E-state index contributed by atoms with van der Waals surface area (Å²) in [5.74, 6) is -0.565. The maximum absolute atomic E-state index is 12.8. The Morgan fingerprint density at radius 3 is 2.12 bits per heavy atom. The number of thioether (sulfide) groups is 1. The van der Waals surface area contributed by atoms with E-state index in [1.807, 2.05) is 13.0 Å². The Labute approximate surface area is 148 Å². The monoisotopic (exact) mass is 366 g/mol. The van der Waals surface area contributed by atoms with E-state index in [0.29, 0.717) is 16.4 Å². The molecule has 2 rings (SSSR count). The first kappa shape index (κ1) is 18.3. The summed E-state index contributed by atoms with van der Waals surface area (Å²) in [4.78, 5) is 23.6. The van der Waals surface area contributed by atoms with Gasteiger partial charge in [0.15, 0.2) is 0 Å². The summed E-state index contributed by atoms with van der Waals surface area (Å²) < 4.78 is 12.8. The van der Waals surface area contributed by atoms with Gasteiger partial charge in [-0.2, -0.15) is 0 Å². The zero-order valence-electron chi connectivity index (χ0n) is 12.9. The number of nitrogens with one attached hydrogen (secondary N) is 2. The molecule has 0 saturated carbocycles. The fraction of sp³-hybridized carbons (Fsp3) is 0.176. The van der Waals surface area contributed by atoms with Crippen molar-refractivity contribution >= 4 is 46.6 Å². The van der Waals surface area contributed by atoms with Gasteiger partial charge in [0, 0.05) is 16.4 Å². The van der Waals surface area contributed by atoms with Crippen LogP contribution in [-0.2, 0) is 9.59 Å². The second kappa shape index (κ2) is 8.70. The molecule has 0 saturated heterocycles. The molecule has 24 heavy (non-hydrogen) atoms. The normalized spacial score (nSPS) is 10.3. The van der Waals surface area contributed by atoms with Crippen LogP contribution < -0.4 is 10.6 Å². The fourth-order valence-corrected chi connectivity index (χ4v) is 2.63. The minimum atomic E-state index is -0.366. The quantitative estimate of drug-likeness (QED) is 0.809. The molecule has 0 radical (unpaired) electrons. The van der Waals surface area contributed by atoms with Crippen molar-refractivity contribution in [2.75, 3.05) is 22.1 Å². The number of carbonyl (C=O) groups is 2. The van der Waals surface area contributed by atoms with Crippen LogP contribution in [-0.4, -0.2) is 23.3 Å². The third-order valence-electron chi connectivity index (χ3n) is 3.05. The van der Waals surface area contributed by atoms with Crippen LogP contribution in [0.1, 0.15) is 5.56 Å². The maximum atomic E-state index is 12.8. The first-order chi connectivity index (χ1) is 11.4. The molecule has 0 spiro atoms. The molecule has 0 bridgehead atoms. The fourth-order valence-electron chi connectivity index (χ4n) is 1.83. The van der Waals surface area contributed by atoms with Crippen molar-refractivity contribution in [3.8, 4) is 0 Å². The van der Waals surface area contributed by atoms with Gasteiger partial charge in [-0.25, -0.2) is 4.39 Å². The predicted octanol–water partition coefficient (Wildman–Crippen LogP) is 4.10. The van der Waals surface area contributed by atoms with Crippen LogP contribution in [0.25, 0.3) is 0 Å². The Bertz CT molecular complexity index is 738. The molecule has 126 valence electrons. The van der Waals surface area contributed by atoms with Crippen LogP contribution in [0.3, 0.4) is 0 Å². The van der Waals surface area contributed by atoms with Gasteiger partial charge in [-0.3, -0.25) is 9.59 Å². The average Bonchev–Trinajstić information content (AvgIpc) is 2.53. The van der Waals surface area contributed by atoms with Gasteiger partial charge in [0.1, 0.15) is 5.82 Å². The minimum Gasteiger partial charge on any atom is -0.325 e. The van der Waals surface area contributed by atoms with Crippen LogP contribution in [0, 0.1) is 12.7 Å². The van der Waals surface area contributed by atoms with Gasteiger partial charge >= 0.3 is 0 Å². The van der Waals surface area contributed by atoms with Crippen LogP contribution in [0.5, 0.6) is 0 Å². The van der Waals surface area contributed by atoms with Gasteiger partial charge in [0.2, 0.25) is 11.8 Å². The highest BCUT2D eigenvalue weighted by Gasteiger charge is 2.07. The van der Waals surface area contributed by atoms with E-state index in [1.165, 1.54) is 36.0 Å². The zero-order chi connectivity index (χ0) is 17.5. The van der Waals surface area contributed by atoms with Gasteiger partial charge in [-0.15, -0.1) is 11.8 Å². The molecule has 7 heteroatoms. The van der Waals surface area contributed by atoms with Crippen molar-refractivity contribution in [1.29, 1.82) is 0 Å². The summed E-state index contributed by atoms with van der Waals surface area (Å²) in [5, 5.41) is 5.94. The van der Waals surface area contributed by atoms with Crippen molar-refractivity contribution in [2.24, 2.45) is 0 Å². The number of rotatable bonds is 6. The third kappa shape index (κ3) is 5.86. The minimum absolute atomic E-state index is 0.124. The van der Waals surface area contributed by atoms with E-state index in [1.54, 1.807) is 12.1 Å².